The number of hydrogen-bond donors (Lipinski definition) is 1. The number of hydrogen-bond acceptors (Lipinski definition) is 6. The fourth-order valence-corrected chi connectivity index (χ4v) is 4.02. The lowest BCUT2D eigenvalue weighted by Crippen LogP contribution is -2.50. The van der Waals surface area contributed by atoms with Crippen LogP contribution in [0.5, 0.6) is 0 Å². The summed E-state index contributed by atoms with van der Waals surface area (Å²) in [5, 5.41) is 5.45. The van der Waals surface area contributed by atoms with E-state index in [9.17, 15) is 9.59 Å². The highest BCUT2D eigenvalue weighted by Gasteiger charge is 2.27. The number of carbonyl (C=O) groups excluding carboxylic acids is 2. The number of anilines is 1. The zero-order valence-electron chi connectivity index (χ0n) is 16.3. The van der Waals surface area contributed by atoms with Crippen molar-refractivity contribution in [1.82, 2.24) is 4.90 Å². The summed E-state index contributed by atoms with van der Waals surface area (Å²) in [5.41, 5.74) is 1.44. The Bertz CT molecular complexity index is 629. The quantitative estimate of drug-likeness (QED) is 0.734. The molecular weight excluding hydrogens is 352 g/mol. The Morgan fingerprint density at radius 2 is 2.15 bits per heavy atom. The summed E-state index contributed by atoms with van der Waals surface area (Å²) in [6.45, 7) is 12.0. The Labute approximate surface area is 159 Å². The fraction of sp³-hybridized carbons (Fsp3) is 0.684. The van der Waals surface area contributed by atoms with Crippen LogP contribution in [-0.4, -0.2) is 55.2 Å². The van der Waals surface area contributed by atoms with E-state index >= 15 is 0 Å². The molecule has 6 nitrogen and oxygen atoms in total. The van der Waals surface area contributed by atoms with E-state index in [0.717, 1.165) is 18.5 Å². The molecule has 0 unspecified atom stereocenters. The first-order valence-electron chi connectivity index (χ1n) is 9.24. The molecule has 2 atom stereocenters. The van der Waals surface area contributed by atoms with E-state index in [1.54, 1.807) is 6.92 Å². The molecule has 7 heteroatoms. The molecule has 1 aromatic rings. The Morgan fingerprint density at radius 1 is 1.42 bits per heavy atom. The van der Waals surface area contributed by atoms with E-state index < -0.39 is 0 Å². The van der Waals surface area contributed by atoms with Crippen molar-refractivity contribution < 1.29 is 19.1 Å². The molecule has 1 amide bonds. The number of rotatable bonds is 7. The molecule has 1 N–H and O–H groups in total. The van der Waals surface area contributed by atoms with Gasteiger partial charge in [-0.3, -0.25) is 9.69 Å². The molecule has 2 heterocycles. The lowest BCUT2D eigenvalue weighted by atomic mass is 10.0. The molecule has 0 spiro atoms. The van der Waals surface area contributed by atoms with Crippen molar-refractivity contribution in [3.63, 3.8) is 0 Å². The van der Waals surface area contributed by atoms with Crippen LogP contribution in [0.15, 0.2) is 5.38 Å². The van der Waals surface area contributed by atoms with Gasteiger partial charge >= 0.3 is 5.97 Å². The Balaban J connectivity index is 2.10. The number of thiophene rings is 1. The molecule has 1 fully saturated rings. The minimum Gasteiger partial charge on any atom is -0.462 e. The van der Waals surface area contributed by atoms with Crippen molar-refractivity contribution in [1.29, 1.82) is 0 Å². The summed E-state index contributed by atoms with van der Waals surface area (Å²) in [4.78, 5) is 27.1. The normalized spacial score (nSPS) is 21.0. The molecule has 0 bridgehead atoms. The van der Waals surface area contributed by atoms with Crippen LogP contribution >= 0.6 is 11.3 Å². The van der Waals surface area contributed by atoms with Gasteiger partial charge in [0.1, 0.15) is 5.00 Å². The Hall–Kier alpha value is -1.44. The van der Waals surface area contributed by atoms with E-state index in [2.05, 4.69) is 31.0 Å². The maximum Gasteiger partial charge on any atom is 0.341 e. The zero-order valence-corrected chi connectivity index (χ0v) is 17.1. The van der Waals surface area contributed by atoms with Crippen molar-refractivity contribution in [2.75, 3.05) is 31.6 Å². The van der Waals surface area contributed by atoms with Gasteiger partial charge < -0.3 is 14.8 Å². The number of carbonyl (C=O) groups is 2. The minimum absolute atomic E-state index is 0.116. The van der Waals surface area contributed by atoms with Crippen LogP contribution in [0.25, 0.3) is 0 Å². The first-order valence-corrected chi connectivity index (χ1v) is 10.1. The summed E-state index contributed by atoms with van der Waals surface area (Å²) in [7, 11) is 0. The first-order chi connectivity index (χ1) is 12.3. The van der Waals surface area contributed by atoms with Crippen LogP contribution in [0.2, 0.25) is 0 Å². The standard InChI is InChI=1S/C19H30N2O4S/c1-6-24-19(23)17-15(7-12(2)3)11-26-18(17)20-16(22)9-21-8-14(5)25-10-13(21)4/h11-14H,6-10H2,1-5H3,(H,20,22)/t13-,14-/m0/s1. The molecule has 0 radical (unpaired) electrons. The molecular formula is C19H30N2O4S. The lowest BCUT2D eigenvalue weighted by Gasteiger charge is -2.36. The third kappa shape index (κ3) is 5.53. The third-order valence-electron chi connectivity index (χ3n) is 4.31. The first kappa shape index (κ1) is 20.9. The van der Waals surface area contributed by atoms with Crippen LogP contribution in [0.4, 0.5) is 5.00 Å². The number of esters is 1. The molecule has 2 rings (SSSR count). The highest BCUT2D eigenvalue weighted by molar-refractivity contribution is 7.15. The Morgan fingerprint density at radius 3 is 2.81 bits per heavy atom. The molecule has 0 saturated carbocycles. The summed E-state index contributed by atoms with van der Waals surface area (Å²) < 4.78 is 10.8. The number of nitrogens with one attached hydrogen (secondary N) is 1. The second-order valence-electron chi connectivity index (χ2n) is 7.25. The fourth-order valence-electron chi connectivity index (χ4n) is 3.05. The summed E-state index contributed by atoms with van der Waals surface area (Å²) in [5.74, 6) is -0.0699. The molecule has 0 aliphatic carbocycles. The largest absolute Gasteiger partial charge is 0.462 e. The van der Waals surface area contributed by atoms with Crippen molar-refractivity contribution in [2.24, 2.45) is 5.92 Å². The second kappa shape index (κ2) is 9.48. The van der Waals surface area contributed by atoms with E-state index in [1.807, 2.05) is 12.3 Å². The number of amides is 1. The van der Waals surface area contributed by atoms with Crippen LogP contribution < -0.4 is 5.32 Å². The van der Waals surface area contributed by atoms with Gasteiger partial charge in [0.05, 0.1) is 31.4 Å². The molecule has 1 aliphatic heterocycles. The molecule has 26 heavy (non-hydrogen) atoms. The van der Waals surface area contributed by atoms with Crippen LogP contribution in [-0.2, 0) is 20.7 Å². The van der Waals surface area contributed by atoms with Crippen LogP contribution in [0, 0.1) is 5.92 Å². The highest BCUT2D eigenvalue weighted by Crippen LogP contribution is 2.31. The topological polar surface area (TPSA) is 67.9 Å². The molecule has 1 aliphatic rings. The lowest BCUT2D eigenvalue weighted by molar-refractivity contribution is -0.121. The van der Waals surface area contributed by atoms with E-state index in [0.29, 0.717) is 29.7 Å². The molecule has 1 aromatic heterocycles. The van der Waals surface area contributed by atoms with Gasteiger partial charge in [-0.05, 0) is 44.1 Å². The average Bonchev–Trinajstić information content (AvgIpc) is 2.92. The van der Waals surface area contributed by atoms with Crippen molar-refractivity contribution in [3.05, 3.63) is 16.5 Å². The van der Waals surface area contributed by atoms with Crippen LogP contribution in [0.1, 0.15) is 50.5 Å². The minimum atomic E-state index is -0.368. The number of ether oxygens (including phenoxy) is 2. The smallest absolute Gasteiger partial charge is 0.341 e. The zero-order chi connectivity index (χ0) is 19.3. The SMILES string of the molecule is CCOC(=O)c1c(CC(C)C)csc1NC(=O)CN1C[C@H](C)OC[C@@H]1C. The van der Waals surface area contributed by atoms with Crippen LogP contribution in [0.3, 0.4) is 0 Å². The van der Waals surface area contributed by atoms with Crippen molar-refractivity contribution in [2.45, 2.75) is 53.2 Å². The number of nitrogens with zero attached hydrogens (tertiary/aromatic N) is 1. The number of morpholine rings is 1. The molecule has 1 saturated heterocycles. The molecule has 146 valence electrons. The van der Waals surface area contributed by atoms with Crippen molar-refractivity contribution in [3.8, 4) is 0 Å². The van der Waals surface area contributed by atoms with Gasteiger partial charge in [0.15, 0.2) is 0 Å². The van der Waals surface area contributed by atoms with Gasteiger partial charge in [-0.1, -0.05) is 13.8 Å². The van der Waals surface area contributed by atoms with Gasteiger partial charge in [0, 0.05) is 12.6 Å². The van der Waals surface area contributed by atoms with E-state index in [4.69, 9.17) is 9.47 Å². The predicted octanol–water partition coefficient (Wildman–Crippen LogP) is 3.17. The van der Waals surface area contributed by atoms with Gasteiger partial charge in [-0.2, -0.15) is 0 Å². The van der Waals surface area contributed by atoms with Gasteiger partial charge in [0.2, 0.25) is 5.91 Å². The maximum absolute atomic E-state index is 12.6. The average molecular weight is 383 g/mol. The summed E-state index contributed by atoms with van der Waals surface area (Å²) in [6.07, 6.45) is 0.895. The van der Waals surface area contributed by atoms with Gasteiger partial charge in [0.25, 0.3) is 0 Å². The van der Waals surface area contributed by atoms with E-state index in [1.165, 1.54) is 11.3 Å². The predicted molar refractivity (Wildman–Crippen MR) is 104 cm³/mol. The highest BCUT2D eigenvalue weighted by atomic mass is 32.1. The Kier molecular flexibility index (Phi) is 7.61. The monoisotopic (exact) mass is 382 g/mol. The van der Waals surface area contributed by atoms with Gasteiger partial charge in [-0.15, -0.1) is 11.3 Å². The van der Waals surface area contributed by atoms with Crippen molar-refractivity contribution >= 4 is 28.2 Å². The van der Waals surface area contributed by atoms with Gasteiger partial charge in [-0.25, -0.2) is 4.79 Å². The summed E-state index contributed by atoms with van der Waals surface area (Å²) >= 11 is 1.39. The van der Waals surface area contributed by atoms with E-state index in [-0.39, 0.29) is 30.6 Å². The maximum atomic E-state index is 12.6. The second-order valence-corrected chi connectivity index (χ2v) is 8.13. The molecule has 0 aromatic carbocycles. The summed E-state index contributed by atoms with van der Waals surface area (Å²) in [6, 6.07) is 0.196. The third-order valence-corrected chi connectivity index (χ3v) is 5.26.